The lowest BCUT2D eigenvalue weighted by Gasteiger charge is -2.14. The Morgan fingerprint density at radius 3 is 2.69 bits per heavy atom. The molecule has 1 heterocycles. The zero-order valence-electron chi connectivity index (χ0n) is 13.2. The lowest BCUT2D eigenvalue weighted by atomic mass is 10.2. The van der Waals surface area contributed by atoms with E-state index in [2.05, 4.69) is 5.32 Å². The summed E-state index contributed by atoms with van der Waals surface area (Å²) in [7, 11) is 0. The zero-order chi connectivity index (χ0) is 18.8. The largest absolute Gasteiger partial charge is 0.508 e. The molecule has 2 aromatic rings. The Morgan fingerprint density at radius 2 is 1.96 bits per heavy atom. The summed E-state index contributed by atoms with van der Waals surface area (Å²) >= 11 is 6.56. The third-order valence-electron chi connectivity index (χ3n) is 3.61. The highest BCUT2D eigenvalue weighted by Gasteiger charge is 2.41. The van der Waals surface area contributed by atoms with E-state index in [4.69, 9.17) is 11.6 Å². The average molecular weight is 393 g/mol. The van der Waals surface area contributed by atoms with Gasteiger partial charge in [-0.3, -0.25) is 14.4 Å². The van der Waals surface area contributed by atoms with Gasteiger partial charge in [0.15, 0.2) is 0 Å². The maximum Gasteiger partial charge on any atom is 0.293 e. The van der Waals surface area contributed by atoms with Gasteiger partial charge in [-0.25, -0.2) is 4.90 Å². The number of nitrogens with one attached hydrogen (secondary N) is 1. The molecule has 1 aliphatic heterocycles. The molecule has 0 aromatic heterocycles. The molecule has 1 aliphatic rings. The molecule has 7 nitrogen and oxygen atoms in total. The van der Waals surface area contributed by atoms with Crippen LogP contribution in [0.1, 0.15) is 6.42 Å². The molecule has 1 atom stereocenters. The van der Waals surface area contributed by atoms with Gasteiger partial charge in [0.2, 0.25) is 11.8 Å². The number of carbonyl (C=O) groups is 3. The highest BCUT2D eigenvalue weighted by atomic mass is 35.5. The van der Waals surface area contributed by atoms with Gasteiger partial charge in [-0.05, 0) is 42.1 Å². The first kappa shape index (κ1) is 18.1. The predicted octanol–water partition coefficient (Wildman–Crippen LogP) is 3.35. The molecular weight excluding hydrogens is 380 g/mol. The van der Waals surface area contributed by atoms with Crippen molar-refractivity contribution < 1.29 is 24.6 Å². The minimum absolute atomic E-state index is 0.0780. The van der Waals surface area contributed by atoms with Crippen LogP contribution >= 0.6 is 23.4 Å². The molecule has 0 spiro atoms. The Balaban J connectivity index is 1.71. The maximum atomic E-state index is 12.5. The lowest BCUT2D eigenvalue weighted by Crippen LogP contribution is -2.32. The van der Waals surface area contributed by atoms with Gasteiger partial charge >= 0.3 is 0 Å². The summed E-state index contributed by atoms with van der Waals surface area (Å²) in [5.74, 6) is -1.33. The van der Waals surface area contributed by atoms with Gasteiger partial charge in [0.25, 0.3) is 5.24 Å². The molecule has 1 unspecified atom stereocenters. The number of hydrogen-bond donors (Lipinski definition) is 3. The van der Waals surface area contributed by atoms with Crippen molar-refractivity contribution >= 4 is 51.8 Å². The van der Waals surface area contributed by atoms with Crippen LogP contribution in [0.15, 0.2) is 42.5 Å². The number of nitrogens with zero attached hydrogens (tertiary/aromatic N) is 1. The third-order valence-corrected chi connectivity index (χ3v) is 4.89. The van der Waals surface area contributed by atoms with Gasteiger partial charge in [0, 0.05) is 17.5 Å². The second-order valence-electron chi connectivity index (χ2n) is 5.48. The fraction of sp³-hybridized carbons (Fsp3) is 0.118. The van der Waals surface area contributed by atoms with Crippen molar-refractivity contribution in [3.05, 3.63) is 47.5 Å². The van der Waals surface area contributed by atoms with E-state index < -0.39 is 22.3 Å². The van der Waals surface area contributed by atoms with E-state index in [1.807, 2.05) is 0 Å². The molecule has 0 aliphatic carbocycles. The minimum atomic E-state index is -0.897. The van der Waals surface area contributed by atoms with Crippen LogP contribution in [-0.4, -0.2) is 32.5 Å². The first-order valence-electron chi connectivity index (χ1n) is 7.47. The summed E-state index contributed by atoms with van der Waals surface area (Å²) in [6.07, 6.45) is -0.253. The number of halogens is 1. The normalized spacial score (nSPS) is 16.8. The van der Waals surface area contributed by atoms with E-state index in [1.165, 1.54) is 42.5 Å². The Hall–Kier alpha value is -2.71. The first-order chi connectivity index (χ1) is 12.3. The quantitative estimate of drug-likeness (QED) is 0.689. The number of benzene rings is 2. The number of phenols is 2. The summed E-state index contributed by atoms with van der Waals surface area (Å²) in [5.41, 5.74) is 0.358. The van der Waals surface area contributed by atoms with E-state index in [0.29, 0.717) is 5.02 Å². The van der Waals surface area contributed by atoms with Crippen molar-refractivity contribution in [2.45, 2.75) is 11.7 Å². The van der Waals surface area contributed by atoms with E-state index >= 15 is 0 Å². The Morgan fingerprint density at radius 1 is 1.19 bits per heavy atom. The molecule has 0 bridgehead atoms. The van der Waals surface area contributed by atoms with Crippen LogP contribution in [0.2, 0.25) is 5.02 Å². The maximum absolute atomic E-state index is 12.5. The molecule has 1 saturated heterocycles. The Bertz CT molecular complexity index is 904. The Kier molecular flexibility index (Phi) is 5.06. The lowest BCUT2D eigenvalue weighted by molar-refractivity contribution is -0.121. The molecule has 26 heavy (non-hydrogen) atoms. The highest BCUT2D eigenvalue weighted by Crippen LogP contribution is 2.35. The summed E-state index contributed by atoms with van der Waals surface area (Å²) in [4.78, 5) is 37.7. The van der Waals surface area contributed by atoms with Crippen LogP contribution in [0.3, 0.4) is 0 Å². The molecule has 0 radical (unpaired) electrons. The number of carbonyl (C=O) groups excluding carboxylic acids is 3. The van der Waals surface area contributed by atoms with Crippen LogP contribution in [0, 0.1) is 0 Å². The van der Waals surface area contributed by atoms with E-state index in [-0.39, 0.29) is 29.3 Å². The third kappa shape index (κ3) is 3.76. The van der Waals surface area contributed by atoms with E-state index in [0.717, 1.165) is 16.7 Å². The molecule has 3 amide bonds. The van der Waals surface area contributed by atoms with E-state index in [1.54, 1.807) is 0 Å². The molecule has 9 heteroatoms. The molecule has 2 aromatic carbocycles. The molecular formula is C17H13ClN2O5S. The van der Waals surface area contributed by atoms with Gasteiger partial charge in [-0.15, -0.1) is 0 Å². The van der Waals surface area contributed by atoms with Gasteiger partial charge < -0.3 is 15.5 Å². The Labute approximate surface area is 157 Å². The van der Waals surface area contributed by atoms with Crippen LogP contribution in [0.4, 0.5) is 16.2 Å². The van der Waals surface area contributed by atoms with Gasteiger partial charge in [0.1, 0.15) is 16.7 Å². The van der Waals surface area contributed by atoms with Gasteiger partial charge in [-0.1, -0.05) is 17.7 Å². The van der Waals surface area contributed by atoms with Crippen molar-refractivity contribution in [1.82, 2.24) is 0 Å². The van der Waals surface area contributed by atoms with E-state index in [9.17, 15) is 24.6 Å². The molecule has 3 rings (SSSR count). The molecule has 3 N–H and O–H groups in total. The number of amides is 3. The average Bonchev–Trinajstić information content (AvgIpc) is 2.84. The topological polar surface area (TPSA) is 107 Å². The number of hydrogen-bond acceptors (Lipinski definition) is 6. The number of rotatable bonds is 4. The number of aromatic hydroxyl groups is 2. The first-order valence-corrected chi connectivity index (χ1v) is 8.73. The second kappa shape index (κ2) is 7.27. The summed E-state index contributed by atoms with van der Waals surface area (Å²) in [6.45, 7) is 0. The molecule has 0 saturated carbocycles. The second-order valence-corrected chi connectivity index (χ2v) is 7.07. The summed E-state index contributed by atoms with van der Waals surface area (Å²) in [6, 6.07) is 9.92. The number of phenolic OH excluding ortho intramolecular Hbond substituents is 2. The van der Waals surface area contributed by atoms with Gasteiger partial charge in [0.05, 0.1) is 11.4 Å². The van der Waals surface area contributed by atoms with Crippen molar-refractivity contribution in [3.8, 4) is 11.5 Å². The number of imide groups is 1. The van der Waals surface area contributed by atoms with Crippen molar-refractivity contribution in [2.24, 2.45) is 0 Å². The number of anilines is 2. The fourth-order valence-electron chi connectivity index (χ4n) is 2.43. The smallest absolute Gasteiger partial charge is 0.293 e. The SMILES string of the molecule is O=C(CC1SC(=O)N(c2cccc(O)c2)C1=O)Nc1cc(Cl)ccc1O. The zero-order valence-corrected chi connectivity index (χ0v) is 14.8. The van der Waals surface area contributed by atoms with Gasteiger partial charge in [-0.2, -0.15) is 0 Å². The minimum Gasteiger partial charge on any atom is -0.508 e. The van der Waals surface area contributed by atoms with Crippen molar-refractivity contribution in [2.75, 3.05) is 10.2 Å². The summed E-state index contributed by atoms with van der Waals surface area (Å²) < 4.78 is 0. The predicted molar refractivity (Wildman–Crippen MR) is 98.7 cm³/mol. The van der Waals surface area contributed by atoms with Crippen LogP contribution in [-0.2, 0) is 9.59 Å². The van der Waals surface area contributed by atoms with Crippen molar-refractivity contribution in [3.63, 3.8) is 0 Å². The number of thioether (sulfide) groups is 1. The molecule has 134 valence electrons. The standard InChI is InChI=1S/C17H13ClN2O5S/c18-9-4-5-13(22)12(6-9)19-15(23)8-14-16(24)20(17(25)26-14)10-2-1-3-11(21)7-10/h1-7,14,21-22H,8H2,(H,19,23). The summed E-state index contributed by atoms with van der Waals surface area (Å²) in [5, 5.41) is 20.6. The fourth-order valence-corrected chi connectivity index (χ4v) is 3.59. The monoisotopic (exact) mass is 392 g/mol. The van der Waals surface area contributed by atoms with Crippen LogP contribution < -0.4 is 10.2 Å². The van der Waals surface area contributed by atoms with Crippen LogP contribution in [0.25, 0.3) is 0 Å². The molecule has 1 fully saturated rings. The van der Waals surface area contributed by atoms with Crippen LogP contribution in [0.5, 0.6) is 11.5 Å². The van der Waals surface area contributed by atoms with Crippen molar-refractivity contribution in [1.29, 1.82) is 0 Å². The highest BCUT2D eigenvalue weighted by molar-refractivity contribution is 8.15.